The van der Waals surface area contributed by atoms with E-state index >= 15 is 0 Å². The molecule has 3 heterocycles. The molecule has 2 aromatic carbocycles. The van der Waals surface area contributed by atoms with Gasteiger partial charge in [-0.3, -0.25) is 25.0 Å². The Labute approximate surface area is 199 Å². The third kappa shape index (κ3) is 3.88. The number of carbonyl (C=O) groups is 2. The van der Waals surface area contributed by atoms with Crippen molar-refractivity contribution in [1.29, 1.82) is 0 Å². The number of fused-ring (bicyclic) bond motifs is 2. The van der Waals surface area contributed by atoms with Crippen LogP contribution in [-0.4, -0.2) is 63.0 Å². The van der Waals surface area contributed by atoms with Crippen LogP contribution in [0.5, 0.6) is 0 Å². The van der Waals surface area contributed by atoms with E-state index < -0.39 is 22.8 Å². The molecule has 0 fully saturated rings. The molecule has 178 valence electrons. The van der Waals surface area contributed by atoms with Gasteiger partial charge < -0.3 is 19.6 Å². The molecule has 0 saturated carbocycles. The summed E-state index contributed by atoms with van der Waals surface area (Å²) < 4.78 is 1.70. The highest BCUT2D eigenvalue weighted by molar-refractivity contribution is 6.50. The molecule has 2 amide bonds. The Morgan fingerprint density at radius 3 is 2.49 bits per heavy atom. The molecule has 0 spiro atoms. The molecule has 1 aliphatic heterocycles. The van der Waals surface area contributed by atoms with E-state index in [-0.39, 0.29) is 23.4 Å². The summed E-state index contributed by atoms with van der Waals surface area (Å²) in [7, 11) is 3.67. The summed E-state index contributed by atoms with van der Waals surface area (Å²) in [6.07, 6.45) is 2.62. The van der Waals surface area contributed by atoms with Crippen molar-refractivity contribution >= 4 is 50.5 Å². The molecule has 5 rings (SSSR count). The lowest BCUT2D eigenvalue weighted by Crippen LogP contribution is -2.29. The van der Waals surface area contributed by atoms with Crippen LogP contribution in [0.2, 0.25) is 0 Å². The lowest BCUT2D eigenvalue weighted by molar-refractivity contribution is -0.384. The number of hydrogen-bond donors (Lipinski definition) is 3. The molecule has 4 aromatic rings. The fraction of sp³-hybridized carbons (Fsp3) is 0.200. The number of hydrogen-bond acceptors (Lipinski definition) is 6. The van der Waals surface area contributed by atoms with Gasteiger partial charge in [-0.25, -0.2) is 0 Å². The first-order valence-corrected chi connectivity index (χ1v) is 11.0. The number of amides is 2. The van der Waals surface area contributed by atoms with E-state index in [9.17, 15) is 24.8 Å². The number of nitro benzene ring substituents is 1. The number of nitrogens with one attached hydrogen (secondary N) is 2. The Balaban J connectivity index is 1.75. The van der Waals surface area contributed by atoms with E-state index in [4.69, 9.17) is 0 Å². The first kappa shape index (κ1) is 22.5. The lowest BCUT2D eigenvalue weighted by Gasteiger charge is -2.17. The average Bonchev–Trinajstić information content (AvgIpc) is 3.46. The molecule has 10 heteroatoms. The largest absolute Gasteiger partial charge is 0.390 e. The van der Waals surface area contributed by atoms with E-state index in [1.54, 1.807) is 23.0 Å². The third-order valence-electron chi connectivity index (χ3n) is 6.12. The molecule has 2 aromatic heterocycles. The molecule has 1 atom stereocenters. The number of rotatable bonds is 7. The Morgan fingerprint density at radius 1 is 1.06 bits per heavy atom. The molecule has 0 bridgehead atoms. The van der Waals surface area contributed by atoms with E-state index in [0.717, 1.165) is 10.9 Å². The Hall–Kier alpha value is -4.28. The van der Waals surface area contributed by atoms with Gasteiger partial charge in [-0.2, -0.15) is 0 Å². The SMILES string of the molecule is CN(C)CC(O)Cn1cc(C2=C(c3c[nH]c4ccccc34)C(=O)NC2=O)c2ccc([N+](=O)[O-])cc21. The number of carbonyl (C=O) groups excluding carboxylic acids is 2. The maximum absolute atomic E-state index is 13.0. The second kappa shape index (κ2) is 8.49. The number of imide groups is 1. The van der Waals surface area contributed by atoms with Crippen LogP contribution in [0, 0.1) is 10.1 Å². The zero-order valence-corrected chi connectivity index (χ0v) is 19.1. The van der Waals surface area contributed by atoms with Gasteiger partial charge in [0.2, 0.25) is 0 Å². The highest BCUT2D eigenvalue weighted by Gasteiger charge is 2.35. The van der Waals surface area contributed by atoms with Crippen LogP contribution in [0.1, 0.15) is 11.1 Å². The maximum Gasteiger partial charge on any atom is 0.271 e. The summed E-state index contributed by atoms with van der Waals surface area (Å²) in [6.45, 7) is 0.535. The molecule has 0 radical (unpaired) electrons. The maximum atomic E-state index is 13.0. The van der Waals surface area contributed by atoms with Crippen LogP contribution >= 0.6 is 0 Å². The second-order valence-electron chi connectivity index (χ2n) is 8.85. The fourth-order valence-electron chi connectivity index (χ4n) is 4.70. The number of H-pyrrole nitrogens is 1. The molecule has 0 saturated heterocycles. The van der Waals surface area contributed by atoms with Gasteiger partial charge in [-0.1, -0.05) is 18.2 Å². The van der Waals surface area contributed by atoms with Crippen molar-refractivity contribution in [3.63, 3.8) is 0 Å². The van der Waals surface area contributed by atoms with Crippen LogP contribution < -0.4 is 5.32 Å². The Bertz CT molecular complexity index is 1540. The standard InChI is InChI=1S/C25H23N5O5/c1-28(2)11-15(31)12-29-13-19(17-8-7-14(30(34)35)9-21(17)29)23-22(24(32)27-25(23)33)18-10-26-20-6-4-3-5-16(18)20/h3-10,13,15,26,31H,11-12H2,1-2H3,(H,27,32,33). The number of aliphatic hydroxyl groups is 1. The number of non-ortho nitro benzene ring substituents is 1. The summed E-state index contributed by atoms with van der Waals surface area (Å²) >= 11 is 0. The highest BCUT2D eigenvalue weighted by Crippen LogP contribution is 2.39. The molecule has 0 aliphatic carbocycles. The molecule has 35 heavy (non-hydrogen) atoms. The van der Waals surface area contributed by atoms with Crippen LogP contribution in [0.4, 0.5) is 5.69 Å². The smallest absolute Gasteiger partial charge is 0.271 e. The first-order valence-electron chi connectivity index (χ1n) is 11.0. The third-order valence-corrected chi connectivity index (χ3v) is 6.12. The monoisotopic (exact) mass is 473 g/mol. The number of aromatic nitrogens is 2. The number of nitro groups is 1. The topological polar surface area (TPSA) is 134 Å². The number of aromatic amines is 1. The lowest BCUT2D eigenvalue weighted by atomic mass is 9.95. The zero-order valence-electron chi connectivity index (χ0n) is 19.1. The minimum Gasteiger partial charge on any atom is -0.390 e. The van der Waals surface area contributed by atoms with Crippen molar-refractivity contribution in [2.75, 3.05) is 20.6 Å². The van der Waals surface area contributed by atoms with Gasteiger partial charge in [-0.15, -0.1) is 0 Å². The summed E-state index contributed by atoms with van der Waals surface area (Å²) in [4.78, 5) is 41.9. The minimum absolute atomic E-state index is 0.108. The summed E-state index contributed by atoms with van der Waals surface area (Å²) in [6, 6.07) is 11.8. The number of aliphatic hydroxyl groups excluding tert-OH is 1. The van der Waals surface area contributed by atoms with Gasteiger partial charge in [0.15, 0.2) is 0 Å². The summed E-state index contributed by atoms with van der Waals surface area (Å²) in [5.41, 5.74) is 2.70. The summed E-state index contributed by atoms with van der Waals surface area (Å²) in [5, 5.41) is 25.8. The van der Waals surface area contributed by atoms with E-state index in [1.807, 2.05) is 43.3 Å². The van der Waals surface area contributed by atoms with Crippen LogP contribution in [0.25, 0.3) is 33.0 Å². The number of likely N-dealkylation sites (N-methyl/N-ethyl adjacent to an activating group) is 1. The first-order chi connectivity index (χ1) is 16.7. The second-order valence-corrected chi connectivity index (χ2v) is 8.85. The molecular formula is C25H23N5O5. The number of nitrogens with zero attached hydrogens (tertiary/aromatic N) is 3. The predicted octanol–water partition coefficient (Wildman–Crippen LogP) is 2.52. The van der Waals surface area contributed by atoms with E-state index in [1.165, 1.54) is 12.1 Å². The molecule has 1 unspecified atom stereocenters. The summed E-state index contributed by atoms with van der Waals surface area (Å²) in [5.74, 6) is -1.05. The van der Waals surface area contributed by atoms with E-state index in [0.29, 0.717) is 28.6 Å². The Kier molecular flexibility index (Phi) is 5.46. The van der Waals surface area contributed by atoms with E-state index in [2.05, 4.69) is 10.3 Å². The fourth-order valence-corrected chi connectivity index (χ4v) is 4.70. The van der Waals surface area contributed by atoms with Crippen molar-refractivity contribution in [1.82, 2.24) is 19.8 Å². The van der Waals surface area contributed by atoms with Crippen LogP contribution in [-0.2, 0) is 16.1 Å². The van der Waals surface area contributed by atoms with Gasteiger partial charge in [0, 0.05) is 65.0 Å². The molecule has 10 nitrogen and oxygen atoms in total. The normalized spacial score (nSPS) is 15.0. The van der Waals surface area contributed by atoms with Crippen LogP contribution in [0.15, 0.2) is 54.9 Å². The van der Waals surface area contributed by atoms with Crippen molar-refractivity contribution < 1.29 is 19.6 Å². The number of para-hydroxylation sites is 1. The highest BCUT2D eigenvalue weighted by atomic mass is 16.6. The minimum atomic E-state index is -0.756. The van der Waals surface area contributed by atoms with Crippen molar-refractivity contribution in [2.24, 2.45) is 0 Å². The predicted molar refractivity (Wildman–Crippen MR) is 131 cm³/mol. The Morgan fingerprint density at radius 2 is 1.77 bits per heavy atom. The molecular weight excluding hydrogens is 450 g/mol. The zero-order chi connectivity index (χ0) is 24.9. The van der Waals surface area contributed by atoms with Gasteiger partial charge in [0.1, 0.15) is 0 Å². The van der Waals surface area contributed by atoms with Gasteiger partial charge in [0.25, 0.3) is 17.5 Å². The van der Waals surface area contributed by atoms with Crippen LogP contribution in [0.3, 0.4) is 0 Å². The van der Waals surface area contributed by atoms with Gasteiger partial charge >= 0.3 is 0 Å². The number of benzene rings is 2. The molecule has 3 N–H and O–H groups in total. The van der Waals surface area contributed by atoms with Crippen molar-refractivity contribution in [2.45, 2.75) is 12.6 Å². The van der Waals surface area contributed by atoms with Crippen molar-refractivity contribution in [3.05, 3.63) is 76.1 Å². The van der Waals surface area contributed by atoms with Crippen molar-refractivity contribution in [3.8, 4) is 0 Å². The average molecular weight is 473 g/mol. The molecule has 1 aliphatic rings. The van der Waals surface area contributed by atoms with Gasteiger partial charge in [0.05, 0.1) is 27.7 Å². The quantitative estimate of drug-likeness (QED) is 0.215. The van der Waals surface area contributed by atoms with Gasteiger partial charge in [-0.05, 0) is 26.2 Å².